The van der Waals surface area contributed by atoms with E-state index in [1.54, 1.807) is 13.0 Å². The van der Waals surface area contributed by atoms with Crippen molar-refractivity contribution >= 4 is 35.0 Å². The second-order valence-electron chi connectivity index (χ2n) is 9.13. The Labute approximate surface area is 223 Å². The van der Waals surface area contributed by atoms with Crippen molar-refractivity contribution in [3.63, 3.8) is 0 Å². The molecule has 0 radical (unpaired) electrons. The largest absolute Gasteiger partial charge is 0.494 e. The lowest BCUT2D eigenvalue weighted by molar-refractivity contribution is -0.140. The van der Waals surface area contributed by atoms with Crippen LogP contribution in [0, 0.1) is 11.7 Å². The Hall–Kier alpha value is -3.23. The molecule has 0 bridgehead atoms. The van der Waals surface area contributed by atoms with Gasteiger partial charge in [-0.15, -0.1) is 0 Å². The molecule has 9 heteroatoms. The molecular formula is C28H28ClFN2O4S. The lowest BCUT2D eigenvalue weighted by Gasteiger charge is -2.25. The van der Waals surface area contributed by atoms with Crippen molar-refractivity contribution in [2.24, 2.45) is 10.9 Å². The van der Waals surface area contributed by atoms with Gasteiger partial charge in [0.25, 0.3) is 5.56 Å². The molecule has 3 aromatic rings. The second kappa shape index (κ2) is 11.4. The number of allylic oxidation sites excluding steroid dienone is 1. The van der Waals surface area contributed by atoms with Crippen LogP contribution < -0.4 is 19.6 Å². The number of fused-ring (bicyclic) bond motifs is 1. The fourth-order valence-electron chi connectivity index (χ4n) is 3.96. The highest BCUT2D eigenvalue weighted by atomic mass is 35.5. The molecule has 37 heavy (non-hydrogen) atoms. The van der Waals surface area contributed by atoms with Crippen LogP contribution in [0.25, 0.3) is 6.08 Å². The molecule has 6 nitrogen and oxygen atoms in total. The fraction of sp³-hybridized carbons (Fsp3) is 0.321. The first-order valence-corrected chi connectivity index (χ1v) is 13.3. The third-order valence-electron chi connectivity index (χ3n) is 5.73. The zero-order valence-corrected chi connectivity index (χ0v) is 22.7. The molecule has 0 spiro atoms. The van der Waals surface area contributed by atoms with Crippen LogP contribution in [0.5, 0.6) is 5.75 Å². The van der Waals surface area contributed by atoms with E-state index in [4.69, 9.17) is 21.1 Å². The van der Waals surface area contributed by atoms with Gasteiger partial charge in [0, 0.05) is 5.56 Å². The smallest absolute Gasteiger partial charge is 0.338 e. The van der Waals surface area contributed by atoms with Crippen LogP contribution in [0.4, 0.5) is 4.39 Å². The van der Waals surface area contributed by atoms with Gasteiger partial charge in [0.2, 0.25) is 0 Å². The zero-order valence-electron chi connectivity index (χ0n) is 21.1. The van der Waals surface area contributed by atoms with Crippen molar-refractivity contribution in [3.8, 4) is 5.75 Å². The lowest BCUT2D eigenvalue weighted by atomic mass is 9.96. The summed E-state index contributed by atoms with van der Waals surface area (Å²) >= 11 is 7.32. The van der Waals surface area contributed by atoms with Crippen LogP contribution >= 0.6 is 22.9 Å². The first-order valence-electron chi connectivity index (χ1n) is 12.1. The number of nitrogens with zero attached hydrogens (tertiary/aromatic N) is 2. The highest BCUT2D eigenvalue weighted by Crippen LogP contribution is 2.32. The Balaban J connectivity index is 1.88. The summed E-state index contributed by atoms with van der Waals surface area (Å²) in [5.74, 6) is -0.230. The molecule has 194 valence electrons. The lowest BCUT2D eigenvalue weighted by Crippen LogP contribution is -2.40. The van der Waals surface area contributed by atoms with Gasteiger partial charge in [-0.25, -0.2) is 14.2 Å². The average molecular weight is 543 g/mol. The summed E-state index contributed by atoms with van der Waals surface area (Å²) in [7, 11) is 0. The molecular weight excluding hydrogens is 515 g/mol. The minimum atomic E-state index is -0.769. The molecule has 2 heterocycles. The number of esters is 1. The van der Waals surface area contributed by atoms with Gasteiger partial charge in [-0.05, 0) is 55.2 Å². The summed E-state index contributed by atoms with van der Waals surface area (Å²) in [6.07, 6.45) is 2.30. The molecule has 0 amide bonds. The maximum Gasteiger partial charge on any atom is 0.338 e. The Morgan fingerprint density at radius 1 is 1.24 bits per heavy atom. The quantitative estimate of drug-likeness (QED) is 0.375. The fourth-order valence-corrected chi connectivity index (χ4v) is 5.21. The molecule has 0 aliphatic carbocycles. The van der Waals surface area contributed by atoms with Crippen LogP contribution in [-0.4, -0.2) is 23.8 Å². The van der Waals surface area contributed by atoms with Crippen LogP contribution in [0.2, 0.25) is 5.02 Å². The molecule has 4 rings (SSSR count). The van der Waals surface area contributed by atoms with Gasteiger partial charge in [0.05, 0.1) is 40.1 Å². The SMILES string of the molecule is CCCOc1ccc(C2C(C(=O)OCC(C)C)=C(C)N=c3sc(=Cc4c(F)cccc4Cl)c(=O)n32)cc1. The van der Waals surface area contributed by atoms with Crippen molar-refractivity contribution in [1.82, 2.24) is 4.57 Å². The van der Waals surface area contributed by atoms with E-state index >= 15 is 0 Å². The van der Waals surface area contributed by atoms with E-state index < -0.39 is 23.4 Å². The Morgan fingerprint density at radius 2 is 1.97 bits per heavy atom. The summed E-state index contributed by atoms with van der Waals surface area (Å²) in [5.41, 5.74) is 1.16. The number of thiazole rings is 1. The number of hydrogen-bond donors (Lipinski definition) is 0. The second-order valence-corrected chi connectivity index (χ2v) is 10.5. The maximum absolute atomic E-state index is 14.5. The number of halogens is 2. The minimum absolute atomic E-state index is 0.121. The van der Waals surface area contributed by atoms with E-state index in [0.717, 1.165) is 17.8 Å². The molecule has 1 aliphatic heterocycles. The molecule has 2 aromatic carbocycles. The van der Waals surface area contributed by atoms with E-state index in [2.05, 4.69) is 4.99 Å². The van der Waals surface area contributed by atoms with Gasteiger partial charge >= 0.3 is 5.97 Å². The number of carbonyl (C=O) groups excluding carboxylic acids is 1. The molecule has 0 saturated heterocycles. The van der Waals surface area contributed by atoms with Crippen molar-refractivity contribution in [2.45, 2.75) is 40.2 Å². The van der Waals surface area contributed by atoms with Crippen LogP contribution in [0.3, 0.4) is 0 Å². The molecule has 0 fully saturated rings. The molecule has 1 unspecified atom stereocenters. The summed E-state index contributed by atoms with van der Waals surface area (Å²) in [6, 6.07) is 10.9. The number of aromatic nitrogens is 1. The summed E-state index contributed by atoms with van der Waals surface area (Å²) < 4.78 is 27.5. The average Bonchev–Trinajstić information content (AvgIpc) is 3.17. The van der Waals surface area contributed by atoms with Gasteiger partial charge in [-0.2, -0.15) is 0 Å². The van der Waals surface area contributed by atoms with E-state index in [0.29, 0.717) is 28.4 Å². The van der Waals surface area contributed by atoms with Gasteiger partial charge in [0.1, 0.15) is 11.6 Å². The molecule has 1 aliphatic rings. The highest BCUT2D eigenvalue weighted by Gasteiger charge is 2.33. The normalized spacial score (nSPS) is 15.5. The van der Waals surface area contributed by atoms with Crippen molar-refractivity contribution < 1.29 is 18.7 Å². The Bertz CT molecular complexity index is 1500. The first kappa shape index (κ1) is 26.8. The van der Waals surface area contributed by atoms with Crippen molar-refractivity contribution in [3.05, 3.63) is 95.4 Å². The predicted molar refractivity (Wildman–Crippen MR) is 143 cm³/mol. The standard InChI is InChI=1S/C28H28ClFN2O4S/c1-5-13-35-19-11-9-18(10-12-19)25-24(27(34)36-15-16(2)3)17(4)31-28-32(25)26(33)23(37-28)14-20-21(29)7-6-8-22(20)30/h6-12,14,16,25H,5,13,15H2,1-4H3. The highest BCUT2D eigenvalue weighted by molar-refractivity contribution is 7.07. The summed E-state index contributed by atoms with van der Waals surface area (Å²) in [6.45, 7) is 8.47. The number of carbonyl (C=O) groups is 1. The van der Waals surface area contributed by atoms with E-state index in [1.807, 2.05) is 45.0 Å². The maximum atomic E-state index is 14.5. The number of rotatable bonds is 8. The van der Waals surface area contributed by atoms with E-state index in [1.165, 1.54) is 22.8 Å². The summed E-state index contributed by atoms with van der Waals surface area (Å²) in [4.78, 5) is 31.9. The third-order valence-corrected chi connectivity index (χ3v) is 7.05. The Kier molecular flexibility index (Phi) is 8.29. The molecule has 1 atom stereocenters. The van der Waals surface area contributed by atoms with Gasteiger partial charge in [-0.1, -0.05) is 61.9 Å². The third kappa shape index (κ3) is 5.70. The first-order chi connectivity index (χ1) is 17.7. The monoisotopic (exact) mass is 542 g/mol. The number of ether oxygens (including phenoxy) is 2. The number of benzene rings is 2. The van der Waals surface area contributed by atoms with Crippen LogP contribution in [-0.2, 0) is 9.53 Å². The minimum Gasteiger partial charge on any atom is -0.494 e. The predicted octanol–water partition coefficient (Wildman–Crippen LogP) is 5.02. The molecule has 1 aromatic heterocycles. The number of hydrogen-bond acceptors (Lipinski definition) is 6. The summed E-state index contributed by atoms with van der Waals surface area (Å²) in [5, 5.41) is 0.194. The molecule has 0 N–H and O–H groups in total. The van der Waals surface area contributed by atoms with Crippen molar-refractivity contribution in [1.29, 1.82) is 0 Å². The Morgan fingerprint density at radius 3 is 2.62 bits per heavy atom. The van der Waals surface area contributed by atoms with Gasteiger partial charge in [0.15, 0.2) is 4.80 Å². The van der Waals surface area contributed by atoms with Crippen LogP contribution in [0.15, 0.2) is 63.5 Å². The van der Waals surface area contributed by atoms with Gasteiger partial charge in [-0.3, -0.25) is 9.36 Å². The van der Waals surface area contributed by atoms with E-state index in [9.17, 15) is 14.0 Å². The topological polar surface area (TPSA) is 69.9 Å². The van der Waals surface area contributed by atoms with Gasteiger partial charge < -0.3 is 9.47 Å². The zero-order chi connectivity index (χ0) is 26.7. The van der Waals surface area contributed by atoms with Crippen LogP contribution in [0.1, 0.15) is 51.3 Å². The van der Waals surface area contributed by atoms with E-state index in [-0.39, 0.29) is 33.2 Å². The van der Waals surface area contributed by atoms with Crippen molar-refractivity contribution in [2.75, 3.05) is 13.2 Å². The molecule has 0 saturated carbocycles.